The Labute approximate surface area is 110 Å². The Kier molecular flexibility index (Phi) is 2.97. The van der Waals surface area contributed by atoms with E-state index in [1.54, 1.807) is 19.6 Å². The first-order valence-electron chi connectivity index (χ1n) is 6.06. The molecule has 5 heteroatoms. The molecule has 3 aromatic rings. The molecule has 5 nitrogen and oxygen atoms in total. The number of fused-ring (bicyclic) bond motifs is 1. The summed E-state index contributed by atoms with van der Waals surface area (Å²) in [7, 11) is 1.71. The van der Waals surface area contributed by atoms with Crippen LogP contribution in [-0.4, -0.2) is 26.7 Å². The lowest BCUT2D eigenvalue weighted by molar-refractivity contribution is 0.119. The summed E-state index contributed by atoms with van der Waals surface area (Å²) in [5.74, 6) is 0.602. The van der Waals surface area contributed by atoms with Gasteiger partial charge in [0.2, 0.25) is 0 Å². The van der Waals surface area contributed by atoms with Gasteiger partial charge >= 0.3 is 0 Å². The largest absolute Gasteiger partial charge is 0.377 e. The molecule has 1 atom stereocenters. The van der Waals surface area contributed by atoms with Gasteiger partial charge in [-0.2, -0.15) is 0 Å². The second kappa shape index (κ2) is 4.78. The van der Waals surface area contributed by atoms with Crippen LogP contribution in [0.5, 0.6) is 0 Å². The van der Waals surface area contributed by atoms with E-state index < -0.39 is 0 Å². The molecule has 0 spiro atoms. The Morgan fingerprint density at radius 3 is 3.00 bits per heavy atom. The number of nitrogens with zero attached hydrogens (tertiary/aromatic N) is 4. The van der Waals surface area contributed by atoms with Gasteiger partial charge in [-0.1, -0.05) is 18.2 Å². The van der Waals surface area contributed by atoms with Crippen molar-refractivity contribution in [1.82, 2.24) is 19.6 Å². The molecular weight excluding hydrogens is 240 g/mol. The van der Waals surface area contributed by atoms with Gasteiger partial charge in [0, 0.05) is 25.1 Å². The van der Waals surface area contributed by atoms with Crippen molar-refractivity contribution in [1.29, 1.82) is 0 Å². The second-order valence-corrected chi connectivity index (χ2v) is 4.38. The van der Waals surface area contributed by atoms with Crippen LogP contribution in [-0.2, 0) is 4.74 Å². The maximum absolute atomic E-state index is 5.34. The zero-order chi connectivity index (χ0) is 13.2. The summed E-state index contributed by atoms with van der Waals surface area (Å²) in [5, 5.41) is 7.72. The van der Waals surface area contributed by atoms with Crippen LogP contribution >= 0.6 is 0 Å². The number of methoxy groups -OCH3 is 1. The minimum absolute atomic E-state index is 0.0755. The van der Waals surface area contributed by atoms with E-state index in [4.69, 9.17) is 4.74 Å². The van der Waals surface area contributed by atoms with Crippen LogP contribution in [0.4, 0.5) is 0 Å². The van der Waals surface area contributed by atoms with Crippen molar-refractivity contribution in [3.05, 3.63) is 48.5 Å². The van der Waals surface area contributed by atoms with Crippen molar-refractivity contribution < 1.29 is 4.74 Å². The maximum Gasteiger partial charge on any atom is 0.254 e. The molecule has 3 rings (SSSR count). The number of hydrogen-bond donors (Lipinski definition) is 0. The van der Waals surface area contributed by atoms with Gasteiger partial charge in [0.25, 0.3) is 5.78 Å². The smallest absolute Gasteiger partial charge is 0.254 e. The van der Waals surface area contributed by atoms with E-state index in [0.29, 0.717) is 5.78 Å². The quantitative estimate of drug-likeness (QED) is 0.720. The van der Waals surface area contributed by atoms with Gasteiger partial charge < -0.3 is 4.74 Å². The molecule has 0 unspecified atom stereocenters. The predicted molar refractivity (Wildman–Crippen MR) is 71.6 cm³/mol. The van der Waals surface area contributed by atoms with Crippen molar-refractivity contribution in [2.75, 3.05) is 7.11 Å². The third kappa shape index (κ3) is 2.20. The highest BCUT2D eigenvalue weighted by molar-refractivity contribution is 5.63. The van der Waals surface area contributed by atoms with Gasteiger partial charge in [0.05, 0.1) is 6.10 Å². The van der Waals surface area contributed by atoms with Gasteiger partial charge in [-0.25, -0.2) is 4.98 Å². The van der Waals surface area contributed by atoms with Gasteiger partial charge in [-0.15, -0.1) is 10.2 Å². The standard InChI is InChI=1S/C14H14N4O/c1-10(19-2)11-4-3-5-12(6-11)13-7-15-14-17-16-9-18(14)8-13/h3-10H,1-2H3/t10-/m1/s1. The maximum atomic E-state index is 5.34. The Bertz CT molecular complexity index is 707. The van der Waals surface area contributed by atoms with E-state index in [-0.39, 0.29) is 6.10 Å². The summed E-state index contributed by atoms with van der Waals surface area (Å²) < 4.78 is 7.15. The predicted octanol–water partition coefficient (Wildman–Crippen LogP) is 2.50. The zero-order valence-corrected chi connectivity index (χ0v) is 10.8. The summed E-state index contributed by atoms with van der Waals surface area (Å²) in [6.45, 7) is 2.03. The summed E-state index contributed by atoms with van der Waals surface area (Å²) in [6, 6.07) is 8.25. The minimum Gasteiger partial charge on any atom is -0.377 e. The molecule has 96 valence electrons. The Balaban J connectivity index is 2.05. The van der Waals surface area contributed by atoms with Gasteiger partial charge in [0.15, 0.2) is 0 Å². The highest BCUT2D eigenvalue weighted by atomic mass is 16.5. The molecule has 2 heterocycles. The minimum atomic E-state index is 0.0755. The summed E-state index contributed by atoms with van der Waals surface area (Å²) in [5.41, 5.74) is 3.27. The first kappa shape index (κ1) is 11.8. The van der Waals surface area contributed by atoms with Crippen LogP contribution in [0, 0.1) is 0 Å². The van der Waals surface area contributed by atoms with E-state index in [1.807, 2.05) is 23.6 Å². The van der Waals surface area contributed by atoms with Gasteiger partial charge in [0.1, 0.15) is 6.33 Å². The molecule has 0 N–H and O–H groups in total. The number of aromatic nitrogens is 4. The summed E-state index contributed by atoms with van der Waals surface area (Å²) in [4.78, 5) is 4.27. The average molecular weight is 254 g/mol. The van der Waals surface area contributed by atoms with E-state index >= 15 is 0 Å². The molecule has 0 amide bonds. The van der Waals surface area contributed by atoms with E-state index in [9.17, 15) is 0 Å². The van der Waals surface area contributed by atoms with Crippen molar-refractivity contribution >= 4 is 5.78 Å². The Hall–Kier alpha value is -2.27. The fourth-order valence-electron chi connectivity index (χ4n) is 1.99. The fourth-order valence-corrected chi connectivity index (χ4v) is 1.99. The van der Waals surface area contributed by atoms with Crippen LogP contribution < -0.4 is 0 Å². The molecule has 0 fully saturated rings. The van der Waals surface area contributed by atoms with E-state index in [2.05, 4.69) is 33.4 Å². The molecule has 0 aliphatic heterocycles. The lowest BCUT2D eigenvalue weighted by atomic mass is 10.0. The first-order valence-corrected chi connectivity index (χ1v) is 6.06. The average Bonchev–Trinajstić information content (AvgIpc) is 2.94. The summed E-state index contributed by atoms with van der Waals surface area (Å²) in [6.07, 6.45) is 5.50. The molecule has 0 aliphatic rings. The molecular formula is C14H14N4O. The highest BCUT2D eigenvalue weighted by Crippen LogP contribution is 2.23. The van der Waals surface area contributed by atoms with Gasteiger partial charge in [-0.05, 0) is 24.1 Å². The van der Waals surface area contributed by atoms with Crippen LogP contribution in [0.1, 0.15) is 18.6 Å². The lowest BCUT2D eigenvalue weighted by Gasteiger charge is -2.11. The Morgan fingerprint density at radius 2 is 2.16 bits per heavy atom. The van der Waals surface area contributed by atoms with Crippen molar-refractivity contribution in [3.8, 4) is 11.1 Å². The molecule has 2 aromatic heterocycles. The monoisotopic (exact) mass is 254 g/mol. The normalized spacial score (nSPS) is 12.7. The van der Waals surface area contributed by atoms with E-state index in [1.165, 1.54) is 0 Å². The van der Waals surface area contributed by atoms with Crippen LogP contribution in [0.25, 0.3) is 16.9 Å². The number of rotatable bonds is 3. The highest BCUT2D eigenvalue weighted by Gasteiger charge is 2.06. The molecule has 0 saturated carbocycles. The third-order valence-electron chi connectivity index (χ3n) is 3.19. The molecule has 0 saturated heterocycles. The number of ether oxygens (including phenoxy) is 1. The summed E-state index contributed by atoms with van der Waals surface area (Å²) >= 11 is 0. The Morgan fingerprint density at radius 1 is 1.26 bits per heavy atom. The molecule has 0 radical (unpaired) electrons. The number of benzene rings is 1. The second-order valence-electron chi connectivity index (χ2n) is 4.38. The van der Waals surface area contributed by atoms with Crippen molar-refractivity contribution in [3.63, 3.8) is 0 Å². The van der Waals surface area contributed by atoms with Crippen LogP contribution in [0.3, 0.4) is 0 Å². The van der Waals surface area contributed by atoms with Gasteiger partial charge in [-0.3, -0.25) is 4.40 Å². The molecule has 1 aromatic carbocycles. The first-order chi connectivity index (χ1) is 9.28. The molecule has 19 heavy (non-hydrogen) atoms. The zero-order valence-electron chi connectivity index (χ0n) is 10.8. The van der Waals surface area contributed by atoms with Crippen LogP contribution in [0.2, 0.25) is 0 Å². The fraction of sp³-hybridized carbons (Fsp3) is 0.214. The van der Waals surface area contributed by atoms with Crippen molar-refractivity contribution in [2.45, 2.75) is 13.0 Å². The van der Waals surface area contributed by atoms with E-state index in [0.717, 1.165) is 16.7 Å². The lowest BCUT2D eigenvalue weighted by Crippen LogP contribution is -1.96. The molecule has 0 bridgehead atoms. The third-order valence-corrected chi connectivity index (χ3v) is 3.19. The molecule has 0 aliphatic carbocycles. The van der Waals surface area contributed by atoms with Crippen LogP contribution in [0.15, 0.2) is 43.0 Å². The van der Waals surface area contributed by atoms with Crippen molar-refractivity contribution in [2.24, 2.45) is 0 Å². The topological polar surface area (TPSA) is 52.3 Å². The number of hydrogen-bond acceptors (Lipinski definition) is 4. The SMILES string of the molecule is CO[C@H](C)c1cccc(-c2cnc3nncn3c2)c1.